The molecule has 0 atom stereocenters. The minimum Gasteiger partial charge on any atom is -0.487 e. The molecule has 0 spiro atoms. The maximum absolute atomic E-state index is 6.43. The molecule has 2 N–H and O–H groups in total. The molecule has 1 saturated carbocycles. The van der Waals surface area contributed by atoms with Gasteiger partial charge in [0, 0.05) is 12.0 Å². The third-order valence-corrected chi connectivity index (χ3v) is 5.03. The van der Waals surface area contributed by atoms with E-state index in [-0.39, 0.29) is 5.41 Å². The molecule has 116 valence electrons. The molecular weight excluding hydrogens is 294 g/mol. The summed E-state index contributed by atoms with van der Waals surface area (Å²) in [6, 6.07) is 16.3. The van der Waals surface area contributed by atoms with E-state index in [0.29, 0.717) is 18.2 Å². The Bertz CT molecular complexity index is 621. The van der Waals surface area contributed by atoms with Crippen LogP contribution in [0.15, 0.2) is 48.5 Å². The van der Waals surface area contributed by atoms with Crippen molar-refractivity contribution in [1.82, 2.24) is 0 Å². The van der Waals surface area contributed by atoms with Crippen LogP contribution in [0.5, 0.6) is 5.75 Å². The first-order valence-corrected chi connectivity index (χ1v) is 8.28. The first-order chi connectivity index (χ1) is 10.7. The first-order valence-electron chi connectivity index (χ1n) is 7.90. The van der Waals surface area contributed by atoms with Crippen LogP contribution in [0.3, 0.4) is 0 Å². The fraction of sp³-hybridized carbons (Fsp3) is 0.368. The molecule has 0 aromatic heterocycles. The van der Waals surface area contributed by atoms with Crippen LogP contribution in [-0.4, -0.2) is 6.54 Å². The smallest absolute Gasteiger partial charge is 0.138 e. The van der Waals surface area contributed by atoms with E-state index < -0.39 is 0 Å². The lowest BCUT2D eigenvalue weighted by molar-refractivity contribution is 0.306. The van der Waals surface area contributed by atoms with E-state index in [1.807, 2.05) is 42.5 Å². The SMILES string of the molecule is NCC1(c2ccc(OCc3ccccc3)c(Cl)c2)CCCC1. The molecule has 0 heterocycles. The second-order valence-corrected chi connectivity index (χ2v) is 6.52. The Morgan fingerprint density at radius 2 is 1.77 bits per heavy atom. The van der Waals surface area contributed by atoms with Gasteiger partial charge in [0.1, 0.15) is 12.4 Å². The van der Waals surface area contributed by atoms with Crippen molar-refractivity contribution in [3.63, 3.8) is 0 Å². The van der Waals surface area contributed by atoms with Gasteiger partial charge < -0.3 is 10.5 Å². The van der Waals surface area contributed by atoms with Crippen molar-refractivity contribution in [2.75, 3.05) is 6.54 Å². The van der Waals surface area contributed by atoms with Crippen LogP contribution < -0.4 is 10.5 Å². The number of rotatable bonds is 5. The molecule has 1 fully saturated rings. The summed E-state index contributed by atoms with van der Waals surface area (Å²) in [6.07, 6.45) is 4.82. The monoisotopic (exact) mass is 315 g/mol. The van der Waals surface area contributed by atoms with Crippen LogP contribution in [-0.2, 0) is 12.0 Å². The highest BCUT2D eigenvalue weighted by molar-refractivity contribution is 6.32. The molecule has 0 saturated heterocycles. The molecule has 0 radical (unpaired) electrons. The number of halogens is 1. The number of hydrogen-bond acceptors (Lipinski definition) is 2. The summed E-state index contributed by atoms with van der Waals surface area (Å²) >= 11 is 6.43. The maximum atomic E-state index is 6.43. The number of hydrogen-bond donors (Lipinski definition) is 1. The van der Waals surface area contributed by atoms with Gasteiger partial charge in [-0.3, -0.25) is 0 Å². The zero-order chi connectivity index (χ0) is 15.4. The third-order valence-electron chi connectivity index (χ3n) is 4.73. The second kappa shape index (κ2) is 6.72. The van der Waals surface area contributed by atoms with Crippen LogP contribution in [0.1, 0.15) is 36.8 Å². The number of ether oxygens (including phenoxy) is 1. The number of nitrogens with two attached hydrogens (primary N) is 1. The van der Waals surface area contributed by atoms with Crippen molar-refractivity contribution in [2.45, 2.75) is 37.7 Å². The van der Waals surface area contributed by atoms with E-state index in [1.54, 1.807) is 0 Å². The standard InChI is InChI=1S/C19H22ClNO/c20-17-12-16(19(14-21)10-4-5-11-19)8-9-18(17)22-13-15-6-2-1-3-7-15/h1-3,6-9,12H,4-5,10-11,13-14,21H2. The predicted octanol–water partition coefficient (Wildman–Crippen LogP) is 4.69. The summed E-state index contributed by atoms with van der Waals surface area (Å²) in [7, 11) is 0. The van der Waals surface area contributed by atoms with E-state index in [1.165, 1.54) is 18.4 Å². The van der Waals surface area contributed by atoms with Gasteiger partial charge in [0.15, 0.2) is 0 Å². The maximum Gasteiger partial charge on any atom is 0.138 e. The summed E-state index contributed by atoms with van der Waals surface area (Å²) in [5, 5.41) is 0.674. The van der Waals surface area contributed by atoms with Gasteiger partial charge in [-0.25, -0.2) is 0 Å². The highest BCUT2D eigenvalue weighted by Crippen LogP contribution is 2.42. The lowest BCUT2D eigenvalue weighted by atomic mass is 9.79. The Labute approximate surface area is 137 Å². The molecule has 2 aromatic rings. The molecule has 2 nitrogen and oxygen atoms in total. The second-order valence-electron chi connectivity index (χ2n) is 6.11. The van der Waals surface area contributed by atoms with Crippen LogP contribution in [0, 0.1) is 0 Å². The number of benzene rings is 2. The first kappa shape index (κ1) is 15.4. The predicted molar refractivity (Wildman–Crippen MR) is 91.4 cm³/mol. The fourth-order valence-electron chi connectivity index (χ4n) is 3.35. The van der Waals surface area contributed by atoms with Crippen LogP contribution >= 0.6 is 11.6 Å². The molecule has 2 aromatic carbocycles. The van der Waals surface area contributed by atoms with Crippen molar-refractivity contribution < 1.29 is 4.74 Å². The van der Waals surface area contributed by atoms with Crippen LogP contribution in [0.2, 0.25) is 5.02 Å². The Balaban J connectivity index is 1.75. The molecule has 0 bridgehead atoms. The molecule has 22 heavy (non-hydrogen) atoms. The summed E-state index contributed by atoms with van der Waals surface area (Å²) in [6.45, 7) is 1.22. The Hall–Kier alpha value is -1.51. The van der Waals surface area contributed by atoms with E-state index in [2.05, 4.69) is 6.07 Å². The summed E-state index contributed by atoms with van der Waals surface area (Å²) < 4.78 is 5.84. The van der Waals surface area contributed by atoms with E-state index in [4.69, 9.17) is 22.1 Å². The fourth-order valence-corrected chi connectivity index (χ4v) is 3.58. The van der Waals surface area contributed by atoms with Gasteiger partial charge in [-0.1, -0.05) is 60.8 Å². The average molecular weight is 316 g/mol. The molecule has 3 heteroatoms. The van der Waals surface area contributed by atoms with Gasteiger partial charge in [-0.05, 0) is 36.1 Å². The molecule has 1 aliphatic carbocycles. The van der Waals surface area contributed by atoms with Crippen LogP contribution in [0.4, 0.5) is 0 Å². The van der Waals surface area contributed by atoms with Gasteiger partial charge in [-0.2, -0.15) is 0 Å². The van der Waals surface area contributed by atoms with Gasteiger partial charge in [0.25, 0.3) is 0 Å². The highest BCUT2D eigenvalue weighted by atomic mass is 35.5. The molecule has 0 amide bonds. The topological polar surface area (TPSA) is 35.2 Å². The third kappa shape index (κ3) is 3.13. The average Bonchev–Trinajstić information content (AvgIpc) is 3.05. The Morgan fingerprint density at radius 3 is 2.41 bits per heavy atom. The van der Waals surface area contributed by atoms with Crippen LogP contribution in [0.25, 0.3) is 0 Å². The van der Waals surface area contributed by atoms with Gasteiger partial charge in [0.05, 0.1) is 5.02 Å². The summed E-state index contributed by atoms with van der Waals surface area (Å²) in [4.78, 5) is 0. The highest BCUT2D eigenvalue weighted by Gasteiger charge is 2.34. The van der Waals surface area contributed by atoms with E-state index in [0.717, 1.165) is 24.2 Å². The van der Waals surface area contributed by atoms with Crippen molar-refractivity contribution in [3.05, 3.63) is 64.7 Å². The largest absolute Gasteiger partial charge is 0.487 e. The Morgan fingerprint density at radius 1 is 1.05 bits per heavy atom. The Kier molecular flexibility index (Phi) is 4.70. The quantitative estimate of drug-likeness (QED) is 0.868. The minimum atomic E-state index is 0.113. The minimum absolute atomic E-state index is 0.113. The van der Waals surface area contributed by atoms with Gasteiger partial charge in [0.2, 0.25) is 0 Å². The lowest BCUT2D eigenvalue weighted by Crippen LogP contribution is -2.31. The van der Waals surface area contributed by atoms with Crippen molar-refractivity contribution in [1.29, 1.82) is 0 Å². The van der Waals surface area contributed by atoms with Crippen molar-refractivity contribution in [3.8, 4) is 5.75 Å². The normalized spacial score (nSPS) is 16.6. The van der Waals surface area contributed by atoms with Crippen molar-refractivity contribution in [2.24, 2.45) is 5.73 Å². The summed E-state index contributed by atoms with van der Waals surface area (Å²) in [5.41, 5.74) is 8.55. The van der Waals surface area contributed by atoms with E-state index in [9.17, 15) is 0 Å². The van der Waals surface area contributed by atoms with E-state index >= 15 is 0 Å². The zero-order valence-corrected chi connectivity index (χ0v) is 13.5. The van der Waals surface area contributed by atoms with Gasteiger partial charge >= 0.3 is 0 Å². The molecule has 0 unspecified atom stereocenters. The lowest BCUT2D eigenvalue weighted by Gasteiger charge is -2.28. The zero-order valence-electron chi connectivity index (χ0n) is 12.7. The molecular formula is C19H22ClNO. The van der Waals surface area contributed by atoms with Crippen molar-refractivity contribution >= 4 is 11.6 Å². The molecule has 0 aliphatic heterocycles. The summed E-state index contributed by atoms with van der Waals surface area (Å²) in [5.74, 6) is 0.736. The van der Waals surface area contributed by atoms with Gasteiger partial charge in [-0.15, -0.1) is 0 Å². The molecule has 1 aliphatic rings. The molecule has 3 rings (SSSR count).